The first-order valence-electron chi connectivity index (χ1n) is 5.62. The van der Waals surface area contributed by atoms with Gasteiger partial charge in [-0.15, -0.1) is 0 Å². The zero-order valence-electron chi connectivity index (χ0n) is 10.3. The van der Waals surface area contributed by atoms with Crippen LogP contribution >= 0.6 is 15.9 Å². The fourth-order valence-electron chi connectivity index (χ4n) is 1.67. The van der Waals surface area contributed by atoms with Crippen molar-refractivity contribution in [2.45, 2.75) is 38.1 Å². The maximum atomic E-state index is 13.7. The molecule has 2 nitrogen and oxygen atoms in total. The van der Waals surface area contributed by atoms with Crippen molar-refractivity contribution in [2.24, 2.45) is 0 Å². The van der Waals surface area contributed by atoms with Crippen molar-refractivity contribution >= 4 is 21.8 Å². The van der Waals surface area contributed by atoms with Gasteiger partial charge >= 0.3 is 0 Å². The molecule has 0 aromatic heterocycles. The molecule has 0 fully saturated rings. The average Bonchev–Trinajstić information content (AvgIpc) is 2.20. The second-order valence-electron chi connectivity index (χ2n) is 4.33. The molecule has 4 heteroatoms. The minimum Gasteiger partial charge on any atom is -0.349 e. The first-order chi connectivity index (χ1) is 7.91. The standard InChI is InChI=1S/C13H17BrFNO/c1-8-5-4-6-11(12(8)15)13(17)16-10(3)7-9(2)14/h4-6,9-10H,7H2,1-3H3,(H,16,17). The van der Waals surface area contributed by atoms with Crippen molar-refractivity contribution in [3.05, 3.63) is 35.1 Å². The Kier molecular flexibility index (Phi) is 5.12. The monoisotopic (exact) mass is 301 g/mol. The summed E-state index contributed by atoms with van der Waals surface area (Å²) in [5, 5.41) is 2.79. The Labute approximate surface area is 110 Å². The number of benzene rings is 1. The summed E-state index contributed by atoms with van der Waals surface area (Å²) in [5.41, 5.74) is 0.596. The summed E-state index contributed by atoms with van der Waals surface area (Å²) in [6.07, 6.45) is 0.805. The van der Waals surface area contributed by atoms with Gasteiger partial charge in [0.25, 0.3) is 5.91 Å². The molecule has 0 saturated carbocycles. The van der Waals surface area contributed by atoms with Gasteiger partial charge in [0, 0.05) is 10.9 Å². The van der Waals surface area contributed by atoms with Crippen LogP contribution in [0.5, 0.6) is 0 Å². The molecule has 0 aliphatic heterocycles. The van der Waals surface area contributed by atoms with Crippen molar-refractivity contribution in [1.82, 2.24) is 5.32 Å². The van der Waals surface area contributed by atoms with E-state index < -0.39 is 5.82 Å². The van der Waals surface area contributed by atoms with Gasteiger partial charge in [0.15, 0.2) is 0 Å². The maximum Gasteiger partial charge on any atom is 0.254 e. The molecule has 2 atom stereocenters. The molecule has 1 N–H and O–H groups in total. The number of aryl methyl sites for hydroxylation is 1. The van der Waals surface area contributed by atoms with Crippen LogP contribution in [0.4, 0.5) is 4.39 Å². The first kappa shape index (κ1) is 14.2. The van der Waals surface area contributed by atoms with Gasteiger partial charge in [-0.25, -0.2) is 4.39 Å². The molecule has 94 valence electrons. The molecule has 0 bridgehead atoms. The van der Waals surface area contributed by atoms with Crippen molar-refractivity contribution in [3.63, 3.8) is 0 Å². The molecule has 2 unspecified atom stereocenters. The second-order valence-corrected chi connectivity index (χ2v) is 5.89. The van der Waals surface area contributed by atoms with E-state index in [-0.39, 0.29) is 17.5 Å². The number of rotatable bonds is 4. The first-order valence-corrected chi connectivity index (χ1v) is 6.53. The summed E-state index contributed by atoms with van der Waals surface area (Å²) >= 11 is 3.42. The van der Waals surface area contributed by atoms with Crippen molar-refractivity contribution in [2.75, 3.05) is 0 Å². The summed E-state index contributed by atoms with van der Waals surface area (Å²) in [6, 6.07) is 4.85. The normalized spacial score (nSPS) is 14.2. The number of hydrogen-bond donors (Lipinski definition) is 1. The molecule has 1 aromatic carbocycles. The number of amides is 1. The fourth-order valence-corrected chi connectivity index (χ4v) is 2.23. The summed E-state index contributed by atoms with van der Waals surface area (Å²) in [6.45, 7) is 5.56. The van der Waals surface area contributed by atoms with Crippen molar-refractivity contribution in [3.8, 4) is 0 Å². The SMILES string of the molecule is Cc1cccc(C(=O)NC(C)CC(C)Br)c1F. The van der Waals surface area contributed by atoms with E-state index in [9.17, 15) is 9.18 Å². The summed E-state index contributed by atoms with van der Waals surface area (Å²) in [5.74, 6) is -0.795. The molecule has 0 aliphatic carbocycles. The van der Waals surface area contributed by atoms with Gasteiger partial charge < -0.3 is 5.32 Å². The zero-order valence-corrected chi connectivity index (χ0v) is 11.8. The Morgan fingerprint density at radius 3 is 2.71 bits per heavy atom. The summed E-state index contributed by atoms with van der Waals surface area (Å²) in [4.78, 5) is 12.2. The second kappa shape index (κ2) is 6.15. The molecule has 17 heavy (non-hydrogen) atoms. The Morgan fingerprint density at radius 1 is 1.47 bits per heavy atom. The largest absolute Gasteiger partial charge is 0.349 e. The number of carbonyl (C=O) groups is 1. The fraction of sp³-hybridized carbons (Fsp3) is 0.462. The van der Waals surface area contributed by atoms with Gasteiger partial charge in [-0.2, -0.15) is 0 Å². The van der Waals surface area contributed by atoms with Crippen molar-refractivity contribution in [1.29, 1.82) is 0 Å². The third kappa shape index (κ3) is 4.11. The molecule has 0 saturated heterocycles. The molecule has 1 aromatic rings. The van der Waals surface area contributed by atoms with Crippen LogP contribution < -0.4 is 5.32 Å². The Balaban J connectivity index is 2.73. The van der Waals surface area contributed by atoms with E-state index in [2.05, 4.69) is 21.2 Å². The van der Waals surface area contributed by atoms with E-state index in [0.29, 0.717) is 10.4 Å². The lowest BCUT2D eigenvalue weighted by molar-refractivity contribution is 0.0934. The van der Waals surface area contributed by atoms with Gasteiger partial charge in [-0.05, 0) is 31.9 Å². The van der Waals surface area contributed by atoms with Crippen LogP contribution in [0, 0.1) is 12.7 Å². The molecular formula is C13H17BrFNO. The van der Waals surface area contributed by atoms with E-state index in [1.165, 1.54) is 6.07 Å². The molecule has 0 heterocycles. The van der Waals surface area contributed by atoms with Crippen LogP contribution in [-0.2, 0) is 0 Å². The van der Waals surface area contributed by atoms with E-state index in [4.69, 9.17) is 0 Å². The topological polar surface area (TPSA) is 29.1 Å². The quantitative estimate of drug-likeness (QED) is 0.848. The average molecular weight is 302 g/mol. The smallest absolute Gasteiger partial charge is 0.254 e. The van der Waals surface area contributed by atoms with Crippen LogP contribution in [0.1, 0.15) is 36.2 Å². The van der Waals surface area contributed by atoms with Crippen molar-refractivity contribution < 1.29 is 9.18 Å². The van der Waals surface area contributed by atoms with Gasteiger partial charge in [0.05, 0.1) is 5.56 Å². The lowest BCUT2D eigenvalue weighted by Gasteiger charge is -2.15. The van der Waals surface area contributed by atoms with E-state index in [1.807, 2.05) is 13.8 Å². The highest BCUT2D eigenvalue weighted by molar-refractivity contribution is 9.09. The van der Waals surface area contributed by atoms with E-state index in [1.54, 1.807) is 19.1 Å². The highest BCUT2D eigenvalue weighted by Gasteiger charge is 2.15. The van der Waals surface area contributed by atoms with Gasteiger partial charge in [-0.3, -0.25) is 4.79 Å². The lowest BCUT2D eigenvalue weighted by atomic mass is 10.1. The van der Waals surface area contributed by atoms with E-state index >= 15 is 0 Å². The molecular weight excluding hydrogens is 285 g/mol. The Morgan fingerprint density at radius 2 is 2.12 bits per heavy atom. The minimum atomic E-state index is -0.441. The summed E-state index contributed by atoms with van der Waals surface area (Å²) < 4.78 is 13.7. The summed E-state index contributed by atoms with van der Waals surface area (Å²) in [7, 11) is 0. The number of nitrogens with one attached hydrogen (secondary N) is 1. The van der Waals surface area contributed by atoms with Crippen LogP contribution in [0.25, 0.3) is 0 Å². The lowest BCUT2D eigenvalue weighted by Crippen LogP contribution is -2.34. The van der Waals surface area contributed by atoms with Gasteiger partial charge in [-0.1, -0.05) is 35.0 Å². The molecule has 0 radical (unpaired) electrons. The maximum absolute atomic E-state index is 13.7. The molecule has 1 rings (SSSR count). The predicted octanol–water partition coefficient (Wildman–Crippen LogP) is 3.43. The third-order valence-electron chi connectivity index (χ3n) is 2.49. The van der Waals surface area contributed by atoms with Crippen LogP contribution in [0.2, 0.25) is 0 Å². The van der Waals surface area contributed by atoms with Crippen LogP contribution in [0.3, 0.4) is 0 Å². The van der Waals surface area contributed by atoms with Gasteiger partial charge in [0.1, 0.15) is 5.82 Å². The Bertz CT molecular complexity index is 406. The van der Waals surface area contributed by atoms with Crippen LogP contribution in [0.15, 0.2) is 18.2 Å². The number of alkyl halides is 1. The number of hydrogen-bond acceptors (Lipinski definition) is 1. The van der Waals surface area contributed by atoms with Gasteiger partial charge in [0.2, 0.25) is 0 Å². The predicted molar refractivity (Wildman–Crippen MR) is 71.1 cm³/mol. The molecule has 1 amide bonds. The highest BCUT2D eigenvalue weighted by Crippen LogP contribution is 2.13. The number of halogens is 2. The molecule has 0 spiro atoms. The van der Waals surface area contributed by atoms with Crippen LogP contribution in [-0.4, -0.2) is 16.8 Å². The zero-order chi connectivity index (χ0) is 13.0. The minimum absolute atomic E-state index is 0.0109. The molecule has 0 aliphatic rings. The third-order valence-corrected chi connectivity index (χ3v) is 2.87. The van der Waals surface area contributed by atoms with E-state index in [0.717, 1.165) is 6.42 Å². The highest BCUT2D eigenvalue weighted by atomic mass is 79.9. The number of carbonyl (C=O) groups excluding carboxylic acids is 1. The Hall–Kier alpha value is -0.900.